The largest absolute Gasteiger partial charge is 0.491 e. The Kier molecular flexibility index (Phi) is 4.33. The van der Waals surface area contributed by atoms with E-state index in [0.717, 1.165) is 6.07 Å². The molecule has 1 heterocycles. The Labute approximate surface area is 143 Å². The molecule has 23 heavy (non-hydrogen) atoms. The van der Waals surface area contributed by atoms with E-state index < -0.39 is 29.0 Å². The molecule has 4 nitrogen and oxygen atoms in total. The molecule has 1 aliphatic heterocycles. The molecule has 2 aromatic carbocycles. The molecule has 0 saturated heterocycles. The first-order valence-electron chi connectivity index (χ1n) is 6.62. The normalized spacial score (nSPS) is 13.7. The first-order chi connectivity index (χ1) is 11.0. The third kappa shape index (κ3) is 3.07. The minimum Gasteiger partial charge on any atom is -0.491 e. The van der Waals surface area contributed by atoms with Gasteiger partial charge >= 0.3 is 0 Å². The van der Waals surface area contributed by atoms with E-state index in [-0.39, 0.29) is 30.2 Å². The number of hydrogen-bond acceptors (Lipinski definition) is 3. The Morgan fingerprint density at radius 3 is 2.70 bits per heavy atom. The molecule has 0 saturated carbocycles. The van der Waals surface area contributed by atoms with Crippen molar-refractivity contribution in [2.75, 3.05) is 18.5 Å². The van der Waals surface area contributed by atoms with Crippen molar-refractivity contribution in [1.29, 1.82) is 0 Å². The number of hydrogen-bond donors (Lipinski definition) is 2. The standard InChI is InChI=1S/C15H10F3IN2O2/c16-8-5-7(19)1-2-10(8)21-14-12-11(6-9(17)13(14)18)23-4-3-20-15(12)22/h1-2,5-6,21H,3-4H2,(H,20,22). The van der Waals surface area contributed by atoms with Crippen molar-refractivity contribution in [2.45, 2.75) is 0 Å². The van der Waals surface area contributed by atoms with E-state index in [0.29, 0.717) is 3.57 Å². The molecule has 120 valence electrons. The van der Waals surface area contributed by atoms with Gasteiger partial charge in [0.25, 0.3) is 5.91 Å². The van der Waals surface area contributed by atoms with Crippen LogP contribution in [0.25, 0.3) is 0 Å². The minimum absolute atomic E-state index is 0.0748. The molecule has 2 N–H and O–H groups in total. The van der Waals surface area contributed by atoms with Crippen molar-refractivity contribution in [3.8, 4) is 5.75 Å². The molecule has 0 radical (unpaired) electrons. The number of carbonyl (C=O) groups is 1. The van der Waals surface area contributed by atoms with Crippen molar-refractivity contribution < 1.29 is 22.7 Å². The molecular formula is C15H10F3IN2O2. The highest BCUT2D eigenvalue weighted by atomic mass is 127. The maximum atomic E-state index is 14.2. The summed E-state index contributed by atoms with van der Waals surface area (Å²) in [6.07, 6.45) is 0. The second kappa shape index (κ2) is 6.26. The van der Waals surface area contributed by atoms with E-state index in [2.05, 4.69) is 10.6 Å². The molecule has 2 aromatic rings. The van der Waals surface area contributed by atoms with Crippen LogP contribution in [-0.2, 0) is 0 Å². The van der Waals surface area contributed by atoms with Crippen molar-refractivity contribution >= 4 is 39.9 Å². The molecule has 1 aliphatic rings. The van der Waals surface area contributed by atoms with Gasteiger partial charge in [0, 0.05) is 9.64 Å². The maximum absolute atomic E-state index is 14.2. The van der Waals surface area contributed by atoms with Crippen molar-refractivity contribution in [3.63, 3.8) is 0 Å². The van der Waals surface area contributed by atoms with Gasteiger partial charge in [-0.05, 0) is 40.8 Å². The van der Waals surface area contributed by atoms with E-state index in [1.807, 2.05) is 22.6 Å². The van der Waals surface area contributed by atoms with Gasteiger partial charge in [-0.25, -0.2) is 13.2 Å². The van der Waals surface area contributed by atoms with Crippen LogP contribution >= 0.6 is 22.6 Å². The lowest BCUT2D eigenvalue weighted by Gasteiger charge is -2.15. The fourth-order valence-electron chi connectivity index (χ4n) is 2.20. The highest BCUT2D eigenvalue weighted by Crippen LogP contribution is 2.35. The zero-order valence-electron chi connectivity index (χ0n) is 11.6. The summed E-state index contributed by atoms with van der Waals surface area (Å²) in [5.41, 5.74) is -0.729. The van der Waals surface area contributed by atoms with Gasteiger partial charge < -0.3 is 15.4 Å². The topological polar surface area (TPSA) is 50.4 Å². The predicted octanol–water partition coefficient (Wildman–Crippen LogP) is 3.57. The average molecular weight is 434 g/mol. The van der Waals surface area contributed by atoms with Gasteiger partial charge in [0.15, 0.2) is 11.6 Å². The van der Waals surface area contributed by atoms with Gasteiger partial charge in [-0.15, -0.1) is 0 Å². The molecule has 0 spiro atoms. The van der Waals surface area contributed by atoms with E-state index in [9.17, 15) is 18.0 Å². The fraction of sp³-hybridized carbons (Fsp3) is 0.133. The Morgan fingerprint density at radius 2 is 1.96 bits per heavy atom. The van der Waals surface area contributed by atoms with Gasteiger partial charge in [0.2, 0.25) is 0 Å². The van der Waals surface area contributed by atoms with Crippen molar-refractivity contribution in [3.05, 3.63) is 50.9 Å². The molecule has 0 aliphatic carbocycles. The lowest BCUT2D eigenvalue weighted by Crippen LogP contribution is -2.25. The summed E-state index contributed by atoms with van der Waals surface area (Å²) >= 11 is 1.92. The van der Waals surface area contributed by atoms with Gasteiger partial charge in [-0.3, -0.25) is 4.79 Å². The predicted molar refractivity (Wildman–Crippen MR) is 86.6 cm³/mol. The summed E-state index contributed by atoms with van der Waals surface area (Å²) in [4.78, 5) is 12.1. The molecule has 1 amide bonds. The van der Waals surface area contributed by atoms with Crippen LogP contribution in [0.2, 0.25) is 0 Å². The molecule has 8 heteroatoms. The average Bonchev–Trinajstić information content (AvgIpc) is 2.68. The van der Waals surface area contributed by atoms with Crippen LogP contribution in [0.1, 0.15) is 10.4 Å². The van der Waals surface area contributed by atoms with Crippen molar-refractivity contribution in [2.24, 2.45) is 0 Å². The second-order valence-corrected chi connectivity index (χ2v) is 6.02. The molecule has 0 atom stereocenters. The molecule has 3 rings (SSSR count). The first kappa shape index (κ1) is 15.9. The lowest BCUT2D eigenvalue weighted by atomic mass is 10.1. The van der Waals surface area contributed by atoms with Crippen molar-refractivity contribution in [1.82, 2.24) is 5.32 Å². The van der Waals surface area contributed by atoms with Crippen LogP contribution in [0, 0.1) is 21.0 Å². The summed E-state index contributed by atoms with van der Waals surface area (Å²) in [7, 11) is 0. The van der Waals surface area contributed by atoms with Crippen LogP contribution in [0.15, 0.2) is 24.3 Å². The number of benzene rings is 2. The number of ether oxygens (including phenoxy) is 1. The number of rotatable bonds is 2. The Balaban J connectivity index is 2.14. The van der Waals surface area contributed by atoms with Gasteiger partial charge in [0.1, 0.15) is 23.7 Å². The monoisotopic (exact) mass is 434 g/mol. The number of halogens is 4. The van der Waals surface area contributed by atoms with Crippen LogP contribution in [0.3, 0.4) is 0 Å². The number of anilines is 2. The van der Waals surface area contributed by atoms with Crippen LogP contribution in [0.5, 0.6) is 5.75 Å². The van der Waals surface area contributed by atoms with E-state index in [4.69, 9.17) is 4.74 Å². The van der Waals surface area contributed by atoms with Crippen LogP contribution in [-0.4, -0.2) is 19.1 Å². The molecular weight excluding hydrogens is 424 g/mol. The summed E-state index contributed by atoms with van der Waals surface area (Å²) in [5.74, 6) is -3.82. The molecule has 0 bridgehead atoms. The third-order valence-corrected chi connectivity index (χ3v) is 3.92. The molecule has 0 aromatic heterocycles. The summed E-state index contributed by atoms with van der Waals surface area (Å²) in [6, 6.07) is 5.02. The number of amides is 1. The highest BCUT2D eigenvalue weighted by Gasteiger charge is 2.27. The SMILES string of the molecule is O=C1NCCOc2cc(F)c(F)c(Nc3ccc(I)cc3F)c21. The van der Waals surface area contributed by atoms with E-state index >= 15 is 0 Å². The highest BCUT2D eigenvalue weighted by molar-refractivity contribution is 14.1. The number of carbonyl (C=O) groups excluding carboxylic acids is 1. The zero-order chi connectivity index (χ0) is 16.6. The lowest BCUT2D eigenvalue weighted by molar-refractivity contribution is 0.0957. The van der Waals surface area contributed by atoms with E-state index in [1.165, 1.54) is 12.1 Å². The number of fused-ring (bicyclic) bond motifs is 1. The summed E-state index contributed by atoms with van der Waals surface area (Å²) in [5, 5.41) is 4.97. The first-order valence-corrected chi connectivity index (χ1v) is 7.70. The Morgan fingerprint density at radius 1 is 1.17 bits per heavy atom. The molecule has 0 fully saturated rings. The zero-order valence-corrected chi connectivity index (χ0v) is 13.7. The maximum Gasteiger partial charge on any atom is 0.257 e. The summed E-state index contributed by atoms with van der Waals surface area (Å²) < 4.78 is 47.8. The smallest absolute Gasteiger partial charge is 0.257 e. The van der Waals surface area contributed by atoms with E-state index in [1.54, 1.807) is 6.07 Å². The van der Waals surface area contributed by atoms with Gasteiger partial charge in [-0.2, -0.15) is 0 Å². The van der Waals surface area contributed by atoms with Crippen LogP contribution in [0.4, 0.5) is 24.5 Å². The minimum atomic E-state index is -1.28. The van der Waals surface area contributed by atoms with Gasteiger partial charge in [-0.1, -0.05) is 0 Å². The second-order valence-electron chi connectivity index (χ2n) is 4.77. The fourth-order valence-corrected chi connectivity index (χ4v) is 2.65. The van der Waals surface area contributed by atoms with Gasteiger partial charge in [0.05, 0.1) is 17.9 Å². The third-order valence-electron chi connectivity index (χ3n) is 3.25. The number of nitrogens with one attached hydrogen (secondary N) is 2. The summed E-state index contributed by atoms with van der Waals surface area (Å²) in [6.45, 7) is 0.329. The Hall–Kier alpha value is -1.97. The Bertz CT molecular complexity index is 799. The quantitative estimate of drug-likeness (QED) is 0.711. The molecule has 0 unspecified atom stereocenters. The van der Waals surface area contributed by atoms with Crippen LogP contribution < -0.4 is 15.4 Å².